The number of thioether (sulfide) groups is 1. The molecule has 1 aliphatic rings. The SMILES string of the molecule is CSc1c(C(=O)CC(=O)C2CC2)ccc(Cl)c1CN(C)S(C)(=O)=O. The van der Waals surface area contributed by atoms with Gasteiger partial charge < -0.3 is 0 Å². The minimum atomic E-state index is -3.37. The standard InChI is InChI=1S/C16H20ClNO4S2/c1-18(24(3,21)22)9-12-13(17)7-6-11(16(12)23-2)15(20)8-14(19)10-4-5-10/h6-7,10H,4-5,8-9H2,1-3H3. The van der Waals surface area contributed by atoms with Gasteiger partial charge in [0.1, 0.15) is 5.78 Å². The lowest BCUT2D eigenvalue weighted by molar-refractivity contribution is -0.119. The van der Waals surface area contributed by atoms with Crippen LogP contribution in [0.15, 0.2) is 17.0 Å². The molecule has 24 heavy (non-hydrogen) atoms. The zero-order chi connectivity index (χ0) is 18.1. The number of carbonyl (C=O) groups is 2. The van der Waals surface area contributed by atoms with Gasteiger partial charge in [0.15, 0.2) is 5.78 Å². The van der Waals surface area contributed by atoms with Crippen LogP contribution in [-0.4, -0.2) is 43.8 Å². The molecule has 1 aromatic carbocycles. The van der Waals surface area contributed by atoms with Crippen LogP contribution in [0, 0.1) is 5.92 Å². The van der Waals surface area contributed by atoms with E-state index in [1.165, 1.54) is 23.1 Å². The Hall–Kier alpha value is -0.890. The van der Waals surface area contributed by atoms with Crippen LogP contribution in [0.3, 0.4) is 0 Å². The molecule has 1 aromatic rings. The molecule has 1 fully saturated rings. The summed E-state index contributed by atoms with van der Waals surface area (Å²) in [5, 5.41) is 0.403. The summed E-state index contributed by atoms with van der Waals surface area (Å²) < 4.78 is 24.5. The Morgan fingerprint density at radius 3 is 2.46 bits per heavy atom. The fourth-order valence-electron chi connectivity index (χ4n) is 2.35. The molecule has 5 nitrogen and oxygen atoms in total. The Balaban J connectivity index is 2.34. The van der Waals surface area contributed by atoms with E-state index >= 15 is 0 Å². The first-order valence-corrected chi connectivity index (χ1v) is 10.9. The number of nitrogens with zero attached hydrogens (tertiary/aromatic N) is 1. The topological polar surface area (TPSA) is 71.5 Å². The van der Waals surface area contributed by atoms with Crippen LogP contribution >= 0.6 is 23.4 Å². The summed E-state index contributed by atoms with van der Waals surface area (Å²) in [6.45, 7) is 0.0749. The highest BCUT2D eigenvalue weighted by molar-refractivity contribution is 7.98. The second kappa shape index (κ2) is 7.56. The van der Waals surface area contributed by atoms with E-state index in [1.54, 1.807) is 18.4 Å². The average Bonchev–Trinajstić information content (AvgIpc) is 3.32. The molecule has 0 spiro atoms. The first kappa shape index (κ1) is 19.4. The molecular formula is C16H20ClNO4S2. The average molecular weight is 390 g/mol. The van der Waals surface area contributed by atoms with E-state index in [1.807, 2.05) is 0 Å². The predicted molar refractivity (Wildman–Crippen MR) is 96.2 cm³/mol. The van der Waals surface area contributed by atoms with Crippen LogP contribution in [0.1, 0.15) is 35.2 Å². The zero-order valence-corrected chi connectivity index (χ0v) is 16.2. The number of carbonyl (C=O) groups excluding carboxylic acids is 2. The second-order valence-electron chi connectivity index (χ2n) is 5.97. The maximum atomic E-state index is 12.5. The van der Waals surface area contributed by atoms with E-state index in [0.29, 0.717) is 21.0 Å². The predicted octanol–water partition coefficient (Wildman–Crippen LogP) is 3.01. The van der Waals surface area contributed by atoms with Gasteiger partial charge in [-0.15, -0.1) is 11.8 Å². The number of hydrogen-bond acceptors (Lipinski definition) is 5. The third kappa shape index (κ3) is 4.59. The van der Waals surface area contributed by atoms with E-state index in [4.69, 9.17) is 11.6 Å². The highest BCUT2D eigenvalue weighted by Gasteiger charge is 2.31. The second-order valence-corrected chi connectivity index (χ2v) is 9.28. The Kier molecular flexibility index (Phi) is 6.12. The summed E-state index contributed by atoms with van der Waals surface area (Å²) in [6.07, 6.45) is 4.54. The van der Waals surface area contributed by atoms with Gasteiger partial charge in [-0.1, -0.05) is 11.6 Å². The number of hydrogen-bond donors (Lipinski definition) is 0. The minimum Gasteiger partial charge on any atom is -0.299 e. The van der Waals surface area contributed by atoms with Gasteiger partial charge in [-0.2, -0.15) is 0 Å². The van der Waals surface area contributed by atoms with Crippen LogP contribution in [0.2, 0.25) is 5.02 Å². The molecule has 0 saturated heterocycles. The van der Waals surface area contributed by atoms with Crippen LogP contribution in [0.5, 0.6) is 0 Å². The van der Waals surface area contributed by atoms with Crippen molar-refractivity contribution >= 4 is 45.0 Å². The first-order chi connectivity index (χ1) is 11.1. The molecule has 2 rings (SSSR count). The van der Waals surface area contributed by atoms with Gasteiger partial charge >= 0.3 is 0 Å². The highest BCUT2D eigenvalue weighted by atomic mass is 35.5. The highest BCUT2D eigenvalue weighted by Crippen LogP contribution is 2.35. The lowest BCUT2D eigenvalue weighted by Crippen LogP contribution is -2.25. The molecule has 0 heterocycles. The summed E-state index contributed by atoms with van der Waals surface area (Å²) in [4.78, 5) is 25.0. The summed E-state index contributed by atoms with van der Waals surface area (Å²) in [5.74, 6) is -0.220. The van der Waals surface area contributed by atoms with Gasteiger partial charge in [-0.25, -0.2) is 12.7 Å². The molecule has 1 aliphatic carbocycles. The van der Waals surface area contributed by atoms with Gasteiger partial charge in [-0.3, -0.25) is 9.59 Å². The minimum absolute atomic E-state index is 0.0168. The summed E-state index contributed by atoms with van der Waals surface area (Å²) >= 11 is 7.56. The van der Waals surface area contributed by atoms with Crippen molar-refractivity contribution in [3.05, 3.63) is 28.3 Å². The number of benzene rings is 1. The van der Waals surface area contributed by atoms with Crippen LogP contribution < -0.4 is 0 Å². The molecule has 0 amide bonds. The monoisotopic (exact) mass is 389 g/mol. The molecule has 0 atom stereocenters. The van der Waals surface area contributed by atoms with E-state index in [-0.39, 0.29) is 30.4 Å². The molecular weight excluding hydrogens is 370 g/mol. The summed E-state index contributed by atoms with van der Waals surface area (Å²) in [5.41, 5.74) is 1.01. The third-order valence-corrected chi connectivity index (χ3v) is 6.51. The first-order valence-electron chi connectivity index (χ1n) is 7.47. The van der Waals surface area contributed by atoms with Gasteiger partial charge in [0.2, 0.25) is 10.0 Å². The molecule has 1 saturated carbocycles. The number of halogens is 1. The number of Topliss-reactive ketones (excluding diaryl/α,β-unsaturated/α-hetero) is 2. The van der Waals surface area contributed by atoms with Crippen LogP contribution in [0.4, 0.5) is 0 Å². The van der Waals surface area contributed by atoms with Crippen molar-refractivity contribution in [3.63, 3.8) is 0 Å². The van der Waals surface area contributed by atoms with Gasteiger partial charge in [-0.05, 0) is 31.2 Å². The zero-order valence-electron chi connectivity index (χ0n) is 13.8. The van der Waals surface area contributed by atoms with E-state index in [9.17, 15) is 18.0 Å². The largest absolute Gasteiger partial charge is 0.299 e. The number of sulfonamides is 1. The Labute approximate surface area is 151 Å². The maximum Gasteiger partial charge on any atom is 0.211 e. The van der Waals surface area contributed by atoms with E-state index < -0.39 is 10.0 Å². The Bertz CT molecular complexity index is 773. The van der Waals surface area contributed by atoms with Crippen molar-refractivity contribution in [2.24, 2.45) is 5.92 Å². The fraction of sp³-hybridized carbons (Fsp3) is 0.500. The van der Waals surface area contributed by atoms with Crippen molar-refractivity contribution in [1.82, 2.24) is 4.31 Å². The van der Waals surface area contributed by atoms with Crippen LogP contribution in [0.25, 0.3) is 0 Å². The number of ketones is 2. The summed E-state index contributed by atoms with van der Waals surface area (Å²) in [6, 6.07) is 3.20. The Morgan fingerprint density at radius 2 is 1.96 bits per heavy atom. The van der Waals surface area contributed by atoms with Crippen molar-refractivity contribution in [2.75, 3.05) is 19.6 Å². The van der Waals surface area contributed by atoms with Crippen molar-refractivity contribution in [1.29, 1.82) is 0 Å². The maximum absolute atomic E-state index is 12.5. The van der Waals surface area contributed by atoms with Gasteiger partial charge in [0, 0.05) is 40.6 Å². The van der Waals surface area contributed by atoms with Gasteiger partial charge in [0.05, 0.1) is 12.7 Å². The number of rotatable bonds is 8. The lowest BCUT2D eigenvalue weighted by atomic mass is 10.0. The fourth-order valence-corrected chi connectivity index (χ4v) is 3.81. The molecule has 0 bridgehead atoms. The molecule has 0 radical (unpaired) electrons. The van der Waals surface area contributed by atoms with E-state index in [0.717, 1.165) is 19.1 Å². The summed E-state index contributed by atoms with van der Waals surface area (Å²) in [7, 11) is -1.91. The molecule has 8 heteroatoms. The van der Waals surface area contributed by atoms with Crippen molar-refractivity contribution in [3.8, 4) is 0 Å². The Morgan fingerprint density at radius 1 is 1.33 bits per heavy atom. The van der Waals surface area contributed by atoms with Gasteiger partial charge in [0.25, 0.3) is 0 Å². The molecule has 0 aliphatic heterocycles. The smallest absolute Gasteiger partial charge is 0.211 e. The normalized spacial score (nSPS) is 14.9. The third-order valence-electron chi connectivity index (χ3n) is 4.02. The quantitative estimate of drug-likeness (QED) is 0.388. The van der Waals surface area contributed by atoms with E-state index in [2.05, 4.69) is 0 Å². The van der Waals surface area contributed by atoms with Crippen molar-refractivity contribution < 1.29 is 18.0 Å². The molecule has 0 aromatic heterocycles. The lowest BCUT2D eigenvalue weighted by Gasteiger charge is -2.19. The molecule has 132 valence electrons. The molecule has 0 unspecified atom stereocenters. The van der Waals surface area contributed by atoms with Crippen molar-refractivity contribution in [2.45, 2.75) is 30.7 Å². The van der Waals surface area contributed by atoms with Crippen LogP contribution in [-0.2, 0) is 21.4 Å². The molecule has 0 N–H and O–H groups in total.